The highest BCUT2D eigenvalue weighted by molar-refractivity contribution is 6.30. The zero-order valence-corrected chi connectivity index (χ0v) is 19.3. The van der Waals surface area contributed by atoms with Gasteiger partial charge in [-0.05, 0) is 42.2 Å². The Bertz CT molecular complexity index is 928. The third-order valence-electron chi connectivity index (χ3n) is 6.34. The van der Waals surface area contributed by atoms with Crippen LogP contribution in [-0.2, 0) is 10.4 Å². The van der Waals surface area contributed by atoms with Crippen LogP contribution in [0.15, 0.2) is 54.6 Å². The monoisotopic (exact) mass is 442 g/mol. The van der Waals surface area contributed by atoms with Crippen molar-refractivity contribution in [3.63, 3.8) is 0 Å². The Labute approximate surface area is 189 Å². The highest BCUT2D eigenvalue weighted by atomic mass is 35.5. The lowest BCUT2D eigenvalue weighted by Gasteiger charge is -2.51. The second-order valence-electron chi connectivity index (χ2n) is 9.32. The first-order valence-corrected chi connectivity index (χ1v) is 11.1. The van der Waals surface area contributed by atoms with Gasteiger partial charge in [-0.1, -0.05) is 69.6 Å². The summed E-state index contributed by atoms with van der Waals surface area (Å²) in [4.78, 5) is 27.8. The molecule has 166 valence electrons. The van der Waals surface area contributed by atoms with Crippen LogP contribution in [0.5, 0.6) is 0 Å². The quantitative estimate of drug-likeness (QED) is 0.727. The van der Waals surface area contributed by atoms with Crippen LogP contribution in [0.4, 0.5) is 0 Å². The number of hydrogen-bond acceptors (Lipinski definition) is 3. The first-order chi connectivity index (χ1) is 14.5. The lowest BCUT2D eigenvalue weighted by molar-refractivity contribution is -0.155. The van der Waals surface area contributed by atoms with Crippen molar-refractivity contribution in [2.75, 3.05) is 13.1 Å². The van der Waals surface area contributed by atoms with Gasteiger partial charge < -0.3 is 15.3 Å². The molecule has 2 aromatic rings. The summed E-state index contributed by atoms with van der Waals surface area (Å²) in [5.41, 5.74) is -0.335. The maximum absolute atomic E-state index is 13.4. The number of aliphatic hydroxyl groups is 1. The molecule has 3 rings (SSSR count). The van der Waals surface area contributed by atoms with E-state index in [1.165, 1.54) is 0 Å². The number of halogens is 1. The second-order valence-corrected chi connectivity index (χ2v) is 9.76. The number of nitrogens with one attached hydrogen (secondary N) is 1. The van der Waals surface area contributed by atoms with Gasteiger partial charge in [0.1, 0.15) is 6.04 Å². The molecule has 1 aliphatic rings. The molecule has 31 heavy (non-hydrogen) atoms. The van der Waals surface area contributed by atoms with Crippen molar-refractivity contribution in [2.24, 2.45) is 11.3 Å². The van der Waals surface area contributed by atoms with Crippen LogP contribution in [0.25, 0.3) is 0 Å². The normalized spacial score (nSPS) is 21.6. The van der Waals surface area contributed by atoms with Gasteiger partial charge in [0.2, 0.25) is 5.91 Å². The molecule has 2 aromatic carbocycles. The Hall–Kier alpha value is -2.37. The molecule has 1 aliphatic heterocycles. The Morgan fingerprint density at radius 3 is 2.23 bits per heavy atom. The molecule has 0 bridgehead atoms. The van der Waals surface area contributed by atoms with Crippen LogP contribution in [0.3, 0.4) is 0 Å². The van der Waals surface area contributed by atoms with Crippen molar-refractivity contribution in [1.29, 1.82) is 0 Å². The summed E-state index contributed by atoms with van der Waals surface area (Å²) in [5, 5.41) is 15.1. The van der Waals surface area contributed by atoms with Gasteiger partial charge in [0.25, 0.3) is 5.91 Å². The van der Waals surface area contributed by atoms with E-state index >= 15 is 0 Å². The molecule has 1 saturated heterocycles. The molecule has 1 fully saturated rings. The highest BCUT2D eigenvalue weighted by Crippen LogP contribution is 2.46. The molecule has 0 unspecified atom stereocenters. The molecule has 2 atom stereocenters. The van der Waals surface area contributed by atoms with Crippen LogP contribution in [-0.4, -0.2) is 41.0 Å². The summed E-state index contributed by atoms with van der Waals surface area (Å²) in [6, 6.07) is 15.5. The summed E-state index contributed by atoms with van der Waals surface area (Å²) >= 11 is 6.01. The average Bonchev–Trinajstić information content (AvgIpc) is 2.74. The summed E-state index contributed by atoms with van der Waals surface area (Å²) < 4.78 is 0. The first kappa shape index (κ1) is 23.3. The summed E-state index contributed by atoms with van der Waals surface area (Å²) in [6.07, 6.45) is 0.408. The van der Waals surface area contributed by atoms with Gasteiger partial charge in [0.05, 0.1) is 5.60 Å². The number of hydrogen-bond donors (Lipinski definition) is 2. The fourth-order valence-electron chi connectivity index (χ4n) is 4.30. The predicted octanol–water partition coefficient (Wildman–Crippen LogP) is 4.24. The molecule has 2 amide bonds. The molecule has 6 heteroatoms. The third kappa shape index (κ3) is 4.78. The van der Waals surface area contributed by atoms with Crippen molar-refractivity contribution < 1.29 is 14.7 Å². The maximum Gasteiger partial charge on any atom is 0.251 e. The van der Waals surface area contributed by atoms with E-state index in [0.29, 0.717) is 30.1 Å². The predicted molar refractivity (Wildman–Crippen MR) is 123 cm³/mol. The maximum atomic E-state index is 13.4. The van der Waals surface area contributed by atoms with Crippen molar-refractivity contribution >= 4 is 23.4 Å². The second kappa shape index (κ2) is 9.01. The number of amides is 2. The van der Waals surface area contributed by atoms with Gasteiger partial charge >= 0.3 is 0 Å². The van der Waals surface area contributed by atoms with Crippen molar-refractivity contribution in [2.45, 2.75) is 45.8 Å². The fourth-order valence-corrected chi connectivity index (χ4v) is 4.42. The molecule has 5 nitrogen and oxygen atoms in total. The number of benzene rings is 2. The molecule has 0 aliphatic carbocycles. The topological polar surface area (TPSA) is 69.6 Å². The third-order valence-corrected chi connectivity index (χ3v) is 6.59. The van der Waals surface area contributed by atoms with Crippen molar-refractivity contribution in [3.8, 4) is 0 Å². The van der Waals surface area contributed by atoms with Crippen LogP contribution in [0.2, 0.25) is 5.02 Å². The molecule has 2 N–H and O–H groups in total. The number of rotatable bonds is 5. The van der Waals surface area contributed by atoms with E-state index in [9.17, 15) is 14.7 Å². The Balaban J connectivity index is 1.77. The summed E-state index contributed by atoms with van der Waals surface area (Å²) in [7, 11) is 0. The van der Waals surface area contributed by atoms with Gasteiger partial charge in [0.15, 0.2) is 0 Å². The lowest BCUT2D eigenvalue weighted by atomic mass is 9.66. The zero-order valence-electron chi connectivity index (χ0n) is 18.6. The fraction of sp³-hybridized carbons (Fsp3) is 0.440. The van der Waals surface area contributed by atoms with E-state index in [1.54, 1.807) is 41.3 Å². The van der Waals surface area contributed by atoms with E-state index < -0.39 is 17.1 Å². The van der Waals surface area contributed by atoms with Gasteiger partial charge in [0, 0.05) is 29.1 Å². The molecule has 0 radical (unpaired) electrons. The Morgan fingerprint density at radius 2 is 1.68 bits per heavy atom. The Morgan fingerprint density at radius 1 is 1.06 bits per heavy atom. The number of likely N-dealkylation sites (tertiary alicyclic amines) is 1. The van der Waals surface area contributed by atoms with Gasteiger partial charge in [-0.25, -0.2) is 0 Å². The van der Waals surface area contributed by atoms with E-state index in [0.717, 1.165) is 5.56 Å². The van der Waals surface area contributed by atoms with Crippen LogP contribution < -0.4 is 5.32 Å². The van der Waals surface area contributed by atoms with E-state index in [2.05, 4.69) is 5.32 Å². The molecule has 0 aromatic heterocycles. The van der Waals surface area contributed by atoms with E-state index in [1.807, 2.05) is 45.9 Å². The SMILES string of the molecule is CC(C)[C@@H](NC(=O)c1ccccc1)C(=O)N1CC[C@](O)(c2ccc(Cl)cc2)C(C)(C)C1. The largest absolute Gasteiger partial charge is 0.384 e. The smallest absolute Gasteiger partial charge is 0.251 e. The molecular formula is C25H31ClN2O3. The van der Waals surface area contributed by atoms with Gasteiger partial charge in [-0.3, -0.25) is 9.59 Å². The molecule has 1 heterocycles. The van der Waals surface area contributed by atoms with E-state index in [-0.39, 0.29) is 17.7 Å². The first-order valence-electron chi connectivity index (χ1n) is 10.7. The lowest BCUT2D eigenvalue weighted by Crippen LogP contribution is -2.60. The molecule has 0 spiro atoms. The van der Waals surface area contributed by atoms with E-state index in [4.69, 9.17) is 11.6 Å². The molecule has 0 saturated carbocycles. The van der Waals surface area contributed by atoms with Crippen molar-refractivity contribution in [3.05, 3.63) is 70.7 Å². The van der Waals surface area contributed by atoms with Crippen molar-refractivity contribution in [1.82, 2.24) is 10.2 Å². The minimum Gasteiger partial charge on any atom is -0.384 e. The standard InChI is InChI=1S/C25H31ClN2O3/c1-17(2)21(27-22(29)18-8-6-5-7-9-18)23(30)28-15-14-25(31,24(3,4)16-28)19-10-12-20(26)13-11-19/h5-13,17,21,31H,14-16H2,1-4H3,(H,27,29)/t21-,25+/m1/s1. The Kier molecular flexibility index (Phi) is 6.77. The molecular weight excluding hydrogens is 412 g/mol. The van der Waals surface area contributed by atoms with Gasteiger partial charge in [-0.15, -0.1) is 0 Å². The zero-order chi connectivity index (χ0) is 22.8. The summed E-state index contributed by atoms with van der Waals surface area (Å²) in [6.45, 7) is 8.57. The van der Waals surface area contributed by atoms with Crippen LogP contribution >= 0.6 is 11.6 Å². The minimum atomic E-state index is -1.07. The number of carbonyl (C=O) groups excluding carboxylic acids is 2. The number of nitrogens with zero attached hydrogens (tertiary/aromatic N) is 1. The highest BCUT2D eigenvalue weighted by Gasteiger charge is 2.50. The number of carbonyl (C=O) groups is 2. The number of piperidine rings is 1. The van der Waals surface area contributed by atoms with Crippen LogP contribution in [0.1, 0.15) is 50.0 Å². The minimum absolute atomic E-state index is 0.0691. The van der Waals surface area contributed by atoms with Crippen LogP contribution in [0, 0.1) is 11.3 Å². The van der Waals surface area contributed by atoms with Gasteiger partial charge in [-0.2, -0.15) is 0 Å². The average molecular weight is 443 g/mol. The summed E-state index contributed by atoms with van der Waals surface area (Å²) in [5.74, 6) is -0.451.